The monoisotopic (exact) mass is 277 g/mol. The number of amides is 1. The van der Waals surface area contributed by atoms with Gasteiger partial charge >= 0.3 is 5.97 Å². The van der Waals surface area contributed by atoms with E-state index in [4.69, 9.17) is 5.11 Å². The lowest BCUT2D eigenvalue weighted by Crippen LogP contribution is -2.42. The largest absolute Gasteiger partial charge is 0.480 e. The van der Waals surface area contributed by atoms with Gasteiger partial charge in [0.25, 0.3) is 0 Å². The SMILES string of the molecule is Cc1ccc(NC(=O)[C@@H]2CCCN(CC(=O)O)C2)nc1. The molecule has 2 heterocycles. The lowest BCUT2D eigenvalue weighted by Gasteiger charge is -2.30. The predicted molar refractivity (Wildman–Crippen MR) is 74.4 cm³/mol. The number of likely N-dealkylation sites (tertiary alicyclic amines) is 1. The van der Waals surface area contributed by atoms with Crippen LogP contribution in [0.1, 0.15) is 18.4 Å². The molecule has 0 saturated carbocycles. The fraction of sp³-hybridized carbons (Fsp3) is 0.500. The van der Waals surface area contributed by atoms with E-state index in [-0.39, 0.29) is 18.4 Å². The van der Waals surface area contributed by atoms with Crippen molar-refractivity contribution in [1.82, 2.24) is 9.88 Å². The number of nitrogens with zero attached hydrogens (tertiary/aromatic N) is 2. The topological polar surface area (TPSA) is 82.5 Å². The first-order chi connectivity index (χ1) is 9.54. The van der Waals surface area contributed by atoms with Crippen molar-refractivity contribution >= 4 is 17.7 Å². The molecule has 0 aromatic carbocycles. The Morgan fingerprint density at radius 2 is 2.30 bits per heavy atom. The van der Waals surface area contributed by atoms with E-state index in [0.717, 1.165) is 24.9 Å². The summed E-state index contributed by atoms with van der Waals surface area (Å²) in [5.74, 6) is -0.579. The van der Waals surface area contributed by atoms with Crippen LogP contribution >= 0.6 is 0 Å². The molecule has 2 rings (SSSR count). The van der Waals surface area contributed by atoms with Crippen LogP contribution in [-0.2, 0) is 9.59 Å². The number of aliphatic carboxylic acids is 1. The van der Waals surface area contributed by atoms with Crippen molar-refractivity contribution in [2.45, 2.75) is 19.8 Å². The van der Waals surface area contributed by atoms with Crippen molar-refractivity contribution in [2.24, 2.45) is 5.92 Å². The number of piperidine rings is 1. The van der Waals surface area contributed by atoms with Gasteiger partial charge in [0.1, 0.15) is 5.82 Å². The quantitative estimate of drug-likeness (QED) is 0.862. The minimum absolute atomic E-state index is 0.00738. The van der Waals surface area contributed by atoms with Crippen LogP contribution in [0.3, 0.4) is 0 Å². The molecule has 1 amide bonds. The van der Waals surface area contributed by atoms with Gasteiger partial charge < -0.3 is 10.4 Å². The average Bonchev–Trinajstić information content (AvgIpc) is 2.41. The van der Waals surface area contributed by atoms with E-state index in [1.807, 2.05) is 13.0 Å². The Morgan fingerprint density at radius 1 is 1.50 bits per heavy atom. The Kier molecular flexibility index (Phi) is 4.68. The lowest BCUT2D eigenvalue weighted by atomic mass is 9.97. The van der Waals surface area contributed by atoms with Crippen molar-refractivity contribution in [3.8, 4) is 0 Å². The third kappa shape index (κ3) is 4.03. The molecule has 0 unspecified atom stereocenters. The first-order valence-electron chi connectivity index (χ1n) is 6.72. The molecular formula is C14H19N3O3. The number of carboxylic acids is 1. The highest BCUT2D eigenvalue weighted by atomic mass is 16.4. The van der Waals surface area contributed by atoms with Gasteiger partial charge in [-0.1, -0.05) is 6.07 Å². The number of rotatable bonds is 4. The van der Waals surface area contributed by atoms with Gasteiger partial charge in [0, 0.05) is 12.7 Å². The maximum Gasteiger partial charge on any atom is 0.317 e. The molecule has 0 aliphatic carbocycles. The molecule has 0 bridgehead atoms. The number of hydrogen-bond acceptors (Lipinski definition) is 4. The standard InChI is InChI=1S/C14H19N3O3/c1-10-4-5-12(15-7-10)16-14(20)11-3-2-6-17(8-11)9-13(18)19/h4-5,7,11H,2-3,6,8-9H2,1H3,(H,18,19)(H,15,16,20)/t11-/m1/s1. The van der Waals surface area contributed by atoms with Gasteiger partial charge in [-0.25, -0.2) is 4.98 Å². The smallest absolute Gasteiger partial charge is 0.317 e. The van der Waals surface area contributed by atoms with Crippen LogP contribution in [0.2, 0.25) is 0 Å². The molecule has 1 aliphatic rings. The number of hydrogen-bond donors (Lipinski definition) is 2. The Morgan fingerprint density at radius 3 is 2.95 bits per heavy atom. The molecule has 1 saturated heterocycles. The third-order valence-corrected chi connectivity index (χ3v) is 3.40. The van der Waals surface area contributed by atoms with Gasteiger partial charge in [0.2, 0.25) is 5.91 Å². The molecule has 108 valence electrons. The van der Waals surface area contributed by atoms with Crippen molar-refractivity contribution < 1.29 is 14.7 Å². The zero-order valence-corrected chi connectivity index (χ0v) is 11.5. The zero-order chi connectivity index (χ0) is 14.5. The molecule has 1 atom stereocenters. The van der Waals surface area contributed by atoms with Crippen LogP contribution in [0.25, 0.3) is 0 Å². The summed E-state index contributed by atoms with van der Waals surface area (Å²) in [6, 6.07) is 3.66. The highest BCUT2D eigenvalue weighted by molar-refractivity contribution is 5.91. The minimum Gasteiger partial charge on any atom is -0.480 e. The second-order valence-corrected chi connectivity index (χ2v) is 5.18. The summed E-state index contributed by atoms with van der Waals surface area (Å²) in [7, 11) is 0. The first kappa shape index (κ1) is 14.5. The van der Waals surface area contributed by atoms with Crippen LogP contribution in [0.4, 0.5) is 5.82 Å². The van der Waals surface area contributed by atoms with Crippen LogP contribution in [-0.4, -0.2) is 46.5 Å². The van der Waals surface area contributed by atoms with Gasteiger partial charge in [-0.15, -0.1) is 0 Å². The second-order valence-electron chi connectivity index (χ2n) is 5.18. The molecule has 1 aromatic rings. The molecule has 2 N–H and O–H groups in total. The minimum atomic E-state index is -0.855. The lowest BCUT2D eigenvalue weighted by molar-refractivity contribution is -0.139. The van der Waals surface area contributed by atoms with Crippen molar-refractivity contribution in [3.63, 3.8) is 0 Å². The number of nitrogens with one attached hydrogen (secondary N) is 1. The summed E-state index contributed by atoms with van der Waals surface area (Å²) in [6.07, 6.45) is 3.33. The molecule has 0 radical (unpaired) electrons. The number of aromatic nitrogens is 1. The molecule has 0 spiro atoms. The van der Waals surface area contributed by atoms with Gasteiger partial charge in [-0.05, 0) is 37.9 Å². The third-order valence-electron chi connectivity index (χ3n) is 3.40. The average molecular weight is 277 g/mol. The maximum absolute atomic E-state index is 12.2. The Bertz CT molecular complexity index is 487. The summed E-state index contributed by atoms with van der Waals surface area (Å²) in [5.41, 5.74) is 1.04. The van der Waals surface area contributed by atoms with Gasteiger partial charge in [0.15, 0.2) is 0 Å². The van der Waals surface area contributed by atoms with Crippen molar-refractivity contribution in [2.75, 3.05) is 25.0 Å². The van der Waals surface area contributed by atoms with E-state index >= 15 is 0 Å². The van der Waals surface area contributed by atoms with Crippen LogP contribution < -0.4 is 5.32 Å². The fourth-order valence-corrected chi connectivity index (χ4v) is 2.37. The summed E-state index contributed by atoms with van der Waals surface area (Å²) in [6.45, 7) is 3.15. The van der Waals surface area contributed by atoms with E-state index in [9.17, 15) is 9.59 Å². The second kappa shape index (κ2) is 6.47. The van der Waals surface area contributed by atoms with E-state index < -0.39 is 5.97 Å². The van der Waals surface area contributed by atoms with Gasteiger partial charge in [-0.2, -0.15) is 0 Å². The van der Waals surface area contributed by atoms with E-state index in [1.54, 1.807) is 17.2 Å². The zero-order valence-electron chi connectivity index (χ0n) is 11.5. The Hall–Kier alpha value is -1.95. The van der Waals surface area contributed by atoms with E-state index in [0.29, 0.717) is 12.4 Å². The number of anilines is 1. The summed E-state index contributed by atoms with van der Waals surface area (Å²) in [4.78, 5) is 28.8. The van der Waals surface area contributed by atoms with Crippen LogP contribution in [0, 0.1) is 12.8 Å². The van der Waals surface area contributed by atoms with Crippen molar-refractivity contribution in [1.29, 1.82) is 0 Å². The van der Waals surface area contributed by atoms with E-state index in [2.05, 4.69) is 10.3 Å². The normalized spacial score (nSPS) is 19.6. The molecule has 1 aromatic heterocycles. The first-order valence-corrected chi connectivity index (χ1v) is 6.72. The highest BCUT2D eigenvalue weighted by Gasteiger charge is 2.26. The maximum atomic E-state index is 12.2. The summed E-state index contributed by atoms with van der Waals surface area (Å²) < 4.78 is 0. The number of carbonyl (C=O) groups excluding carboxylic acids is 1. The van der Waals surface area contributed by atoms with E-state index in [1.165, 1.54) is 0 Å². The van der Waals surface area contributed by atoms with Gasteiger partial charge in [-0.3, -0.25) is 14.5 Å². The molecule has 6 heteroatoms. The molecule has 20 heavy (non-hydrogen) atoms. The summed E-state index contributed by atoms with van der Waals surface area (Å²) in [5, 5.41) is 11.6. The molecular weight excluding hydrogens is 258 g/mol. The van der Waals surface area contributed by atoms with Crippen LogP contribution in [0.15, 0.2) is 18.3 Å². The highest BCUT2D eigenvalue weighted by Crippen LogP contribution is 2.18. The Balaban J connectivity index is 1.91. The number of carboxylic acid groups (broad SMARTS) is 1. The van der Waals surface area contributed by atoms with Crippen LogP contribution in [0.5, 0.6) is 0 Å². The predicted octanol–water partition coefficient (Wildman–Crippen LogP) is 1.13. The fourth-order valence-electron chi connectivity index (χ4n) is 2.37. The number of aryl methyl sites for hydroxylation is 1. The molecule has 6 nitrogen and oxygen atoms in total. The number of pyridine rings is 1. The number of carbonyl (C=O) groups is 2. The van der Waals surface area contributed by atoms with Gasteiger partial charge in [0.05, 0.1) is 12.5 Å². The molecule has 1 aliphatic heterocycles. The Labute approximate surface area is 117 Å². The summed E-state index contributed by atoms with van der Waals surface area (Å²) >= 11 is 0. The molecule has 1 fully saturated rings. The van der Waals surface area contributed by atoms with Crippen molar-refractivity contribution in [3.05, 3.63) is 23.9 Å².